The Hall–Kier alpha value is -0.110. The van der Waals surface area contributed by atoms with Gasteiger partial charge in [-0.1, -0.05) is 20.8 Å². The van der Waals surface area contributed by atoms with Gasteiger partial charge in [0.1, 0.15) is 6.17 Å². The maximum atomic E-state index is 12.6. The monoisotopic (exact) mass is 161 g/mol. The van der Waals surface area contributed by atoms with E-state index in [-0.39, 0.29) is 0 Å². The fourth-order valence-electron chi connectivity index (χ4n) is 1.47. The molecule has 68 valence electrons. The lowest BCUT2D eigenvalue weighted by Gasteiger charge is -2.16. The lowest BCUT2D eigenvalue weighted by atomic mass is 10.2. The highest BCUT2D eigenvalue weighted by Gasteiger charge is 2.26. The van der Waals surface area contributed by atoms with Crippen LogP contribution in [0, 0.1) is 0 Å². The molecule has 2 atom stereocenters. The summed E-state index contributed by atoms with van der Waals surface area (Å²) in [6.45, 7) is 9.80. The van der Waals surface area contributed by atoms with Crippen LogP contribution in [-0.4, -0.2) is 30.2 Å². The molecule has 0 aromatic carbocycles. The lowest BCUT2D eigenvalue weighted by Crippen LogP contribution is -2.26. The van der Waals surface area contributed by atoms with Gasteiger partial charge < -0.3 is 0 Å². The van der Waals surface area contributed by atoms with Crippen molar-refractivity contribution in [2.24, 2.45) is 0 Å². The van der Waals surface area contributed by atoms with Crippen LogP contribution < -0.4 is 0 Å². The van der Waals surface area contributed by atoms with E-state index in [0.717, 1.165) is 13.0 Å². The molecule has 1 aliphatic rings. The summed E-state index contributed by atoms with van der Waals surface area (Å²) >= 11 is 0. The number of alkyl halides is 1. The molecule has 0 N–H and O–H groups in total. The normalized spacial score (nSPS) is 31.4. The Kier molecular flexibility index (Phi) is 5.47. The molecule has 2 heteroatoms. The van der Waals surface area contributed by atoms with Crippen LogP contribution in [0.5, 0.6) is 0 Å². The first-order valence-electron chi connectivity index (χ1n) is 4.62. The molecule has 0 amide bonds. The highest BCUT2D eigenvalue weighted by Crippen LogP contribution is 2.18. The molecule has 2 unspecified atom stereocenters. The van der Waals surface area contributed by atoms with Crippen LogP contribution in [0.15, 0.2) is 0 Å². The van der Waals surface area contributed by atoms with Gasteiger partial charge in [-0.05, 0) is 19.9 Å². The summed E-state index contributed by atoms with van der Waals surface area (Å²) < 4.78 is 12.6. The van der Waals surface area contributed by atoms with E-state index in [4.69, 9.17) is 0 Å². The highest BCUT2D eigenvalue weighted by molar-refractivity contribution is 4.80. The summed E-state index contributed by atoms with van der Waals surface area (Å²) in [5.74, 6) is 0. The van der Waals surface area contributed by atoms with E-state index in [1.165, 1.54) is 0 Å². The van der Waals surface area contributed by atoms with Gasteiger partial charge in [-0.25, -0.2) is 4.39 Å². The number of hydrogen-bond acceptors (Lipinski definition) is 1. The van der Waals surface area contributed by atoms with E-state index in [1.54, 1.807) is 0 Å². The van der Waals surface area contributed by atoms with Crippen LogP contribution in [-0.2, 0) is 0 Å². The smallest absolute Gasteiger partial charge is 0.114 e. The highest BCUT2D eigenvalue weighted by atomic mass is 19.1. The van der Waals surface area contributed by atoms with E-state index in [2.05, 4.69) is 18.7 Å². The summed E-state index contributed by atoms with van der Waals surface area (Å²) in [5, 5.41) is 0. The van der Waals surface area contributed by atoms with Crippen LogP contribution in [0.1, 0.15) is 34.1 Å². The average Bonchev–Trinajstić information content (AvgIpc) is 2.33. The van der Waals surface area contributed by atoms with E-state index < -0.39 is 6.17 Å². The molecule has 0 spiro atoms. The van der Waals surface area contributed by atoms with E-state index >= 15 is 0 Å². The minimum Gasteiger partial charge on any atom is -0.298 e. The first kappa shape index (κ1) is 10.9. The topological polar surface area (TPSA) is 3.24 Å². The number of likely N-dealkylation sites (tertiary alicyclic amines) is 1. The molecule has 0 bridgehead atoms. The molecule has 0 aromatic rings. The van der Waals surface area contributed by atoms with Crippen molar-refractivity contribution in [3.8, 4) is 0 Å². The van der Waals surface area contributed by atoms with Gasteiger partial charge in [0.2, 0.25) is 0 Å². The van der Waals surface area contributed by atoms with Crippen LogP contribution in [0.25, 0.3) is 0 Å². The second-order valence-corrected chi connectivity index (χ2v) is 2.77. The van der Waals surface area contributed by atoms with Crippen LogP contribution in [0.2, 0.25) is 0 Å². The largest absolute Gasteiger partial charge is 0.298 e. The van der Waals surface area contributed by atoms with Gasteiger partial charge >= 0.3 is 0 Å². The van der Waals surface area contributed by atoms with Gasteiger partial charge in [-0.15, -0.1) is 0 Å². The van der Waals surface area contributed by atoms with Gasteiger partial charge in [-0.3, -0.25) is 4.90 Å². The Morgan fingerprint density at radius 1 is 1.45 bits per heavy atom. The molecule has 1 fully saturated rings. The number of hydrogen-bond donors (Lipinski definition) is 0. The number of rotatable bonds is 1. The second-order valence-electron chi connectivity index (χ2n) is 2.77. The second kappa shape index (κ2) is 5.53. The molecule has 0 aliphatic carbocycles. The molecular formula is C9H20FN. The van der Waals surface area contributed by atoms with Gasteiger partial charge in [0.15, 0.2) is 0 Å². The van der Waals surface area contributed by atoms with Gasteiger partial charge in [0, 0.05) is 12.6 Å². The van der Waals surface area contributed by atoms with Gasteiger partial charge in [0.05, 0.1) is 0 Å². The Morgan fingerprint density at radius 2 is 2.00 bits per heavy atom. The van der Waals surface area contributed by atoms with E-state index in [0.29, 0.717) is 12.6 Å². The van der Waals surface area contributed by atoms with Crippen LogP contribution >= 0.6 is 0 Å². The number of halogens is 1. The van der Waals surface area contributed by atoms with Crippen molar-refractivity contribution < 1.29 is 4.39 Å². The predicted octanol–water partition coefficient (Wildman–Crippen LogP) is 2.46. The van der Waals surface area contributed by atoms with Crippen molar-refractivity contribution in [2.45, 2.75) is 46.3 Å². The third kappa shape index (κ3) is 3.19. The quantitative estimate of drug-likeness (QED) is 0.571. The standard InChI is InChI=1S/C7H14FN.C2H6/c1-3-9-5-7(8)4-6(9)2;1-2/h6-7H,3-5H2,1-2H3;1-2H3. The minimum absolute atomic E-state index is 0.463. The first-order chi connectivity index (χ1) is 5.24. The zero-order chi connectivity index (χ0) is 8.85. The summed E-state index contributed by atoms with van der Waals surface area (Å²) in [6.07, 6.45) is 0.161. The maximum absolute atomic E-state index is 12.6. The molecule has 0 radical (unpaired) electrons. The third-order valence-corrected chi connectivity index (χ3v) is 2.06. The Morgan fingerprint density at radius 3 is 2.18 bits per heavy atom. The Labute approximate surface area is 69.6 Å². The zero-order valence-electron chi connectivity index (χ0n) is 8.10. The molecule has 1 rings (SSSR count). The predicted molar refractivity (Wildman–Crippen MR) is 47.6 cm³/mol. The Bertz CT molecular complexity index is 95.6. The summed E-state index contributed by atoms with van der Waals surface area (Å²) in [6, 6.07) is 0.463. The van der Waals surface area contributed by atoms with Crippen molar-refractivity contribution in [2.75, 3.05) is 13.1 Å². The molecule has 1 saturated heterocycles. The van der Waals surface area contributed by atoms with E-state index in [9.17, 15) is 4.39 Å². The zero-order valence-corrected chi connectivity index (χ0v) is 8.10. The average molecular weight is 161 g/mol. The number of nitrogens with zero attached hydrogens (tertiary/aromatic N) is 1. The molecule has 1 nitrogen and oxygen atoms in total. The maximum Gasteiger partial charge on any atom is 0.114 e. The fourth-order valence-corrected chi connectivity index (χ4v) is 1.47. The van der Waals surface area contributed by atoms with Crippen molar-refractivity contribution in [3.63, 3.8) is 0 Å². The fraction of sp³-hybridized carbons (Fsp3) is 1.00. The molecular weight excluding hydrogens is 141 g/mol. The van der Waals surface area contributed by atoms with E-state index in [1.807, 2.05) is 13.8 Å². The van der Waals surface area contributed by atoms with Crippen LogP contribution in [0.4, 0.5) is 4.39 Å². The van der Waals surface area contributed by atoms with Crippen molar-refractivity contribution in [1.29, 1.82) is 0 Å². The third-order valence-electron chi connectivity index (χ3n) is 2.06. The van der Waals surface area contributed by atoms with Crippen molar-refractivity contribution in [1.82, 2.24) is 4.90 Å². The molecule has 1 aliphatic heterocycles. The minimum atomic E-state index is -0.569. The summed E-state index contributed by atoms with van der Waals surface area (Å²) in [5.41, 5.74) is 0. The molecule has 0 aromatic heterocycles. The summed E-state index contributed by atoms with van der Waals surface area (Å²) in [7, 11) is 0. The van der Waals surface area contributed by atoms with Gasteiger partial charge in [-0.2, -0.15) is 0 Å². The SMILES string of the molecule is CC.CCN1CC(F)CC1C. The molecule has 11 heavy (non-hydrogen) atoms. The van der Waals surface area contributed by atoms with Gasteiger partial charge in [0.25, 0.3) is 0 Å². The first-order valence-corrected chi connectivity index (χ1v) is 4.62. The molecule has 1 heterocycles. The van der Waals surface area contributed by atoms with Crippen molar-refractivity contribution >= 4 is 0 Å². The van der Waals surface area contributed by atoms with Crippen LogP contribution in [0.3, 0.4) is 0 Å². The molecule has 0 saturated carbocycles. The summed E-state index contributed by atoms with van der Waals surface area (Å²) in [4.78, 5) is 2.17. The van der Waals surface area contributed by atoms with Crippen molar-refractivity contribution in [3.05, 3.63) is 0 Å². The Balaban J connectivity index is 0.000000461. The lowest BCUT2D eigenvalue weighted by molar-refractivity contribution is 0.266.